The van der Waals surface area contributed by atoms with Crippen molar-refractivity contribution in [3.8, 4) is 0 Å². The number of hydrogen-bond acceptors (Lipinski definition) is 2. The first-order valence-corrected chi connectivity index (χ1v) is 6.83. The highest BCUT2D eigenvalue weighted by molar-refractivity contribution is 9.10. The molecule has 0 aromatic heterocycles. The normalized spacial score (nSPS) is 10.3. The molecule has 0 bridgehead atoms. The van der Waals surface area contributed by atoms with Crippen LogP contribution in [0, 0.1) is 17.5 Å². The van der Waals surface area contributed by atoms with E-state index in [-0.39, 0.29) is 6.07 Å². The molecular weight excluding hydrogens is 381 g/mol. The topological polar surface area (TPSA) is 78.4 Å². The van der Waals surface area contributed by atoms with Crippen LogP contribution in [-0.2, 0) is 0 Å². The Morgan fingerprint density at radius 1 is 1.04 bits per heavy atom. The molecule has 0 radical (unpaired) electrons. The summed E-state index contributed by atoms with van der Waals surface area (Å²) < 4.78 is 41.5. The number of rotatable bonds is 3. The van der Waals surface area contributed by atoms with Crippen molar-refractivity contribution in [3.63, 3.8) is 0 Å². The Morgan fingerprint density at radius 2 is 1.74 bits per heavy atom. The molecule has 0 spiro atoms. The van der Waals surface area contributed by atoms with Crippen LogP contribution in [0.4, 0.5) is 29.3 Å². The molecule has 0 fully saturated rings. The number of aromatic carboxylic acids is 1. The number of carboxylic acid groups (broad SMARTS) is 1. The fourth-order valence-corrected chi connectivity index (χ4v) is 2.11. The second kappa shape index (κ2) is 6.69. The monoisotopic (exact) mass is 388 g/mol. The summed E-state index contributed by atoms with van der Waals surface area (Å²) in [7, 11) is 0. The first-order chi connectivity index (χ1) is 10.8. The van der Waals surface area contributed by atoms with Crippen LogP contribution in [0.25, 0.3) is 0 Å². The first-order valence-electron chi connectivity index (χ1n) is 6.04. The van der Waals surface area contributed by atoms with Gasteiger partial charge in [-0.3, -0.25) is 0 Å². The smallest absolute Gasteiger partial charge is 0.338 e. The first kappa shape index (κ1) is 16.8. The number of nitrogens with one attached hydrogen (secondary N) is 2. The Morgan fingerprint density at radius 3 is 2.35 bits per heavy atom. The Bertz CT molecular complexity index is 799. The van der Waals surface area contributed by atoms with E-state index in [1.807, 2.05) is 0 Å². The van der Waals surface area contributed by atoms with Gasteiger partial charge in [0, 0.05) is 10.2 Å². The highest BCUT2D eigenvalue weighted by Crippen LogP contribution is 2.25. The minimum absolute atomic E-state index is 0.199. The van der Waals surface area contributed by atoms with E-state index in [1.165, 1.54) is 12.1 Å². The van der Waals surface area contributed by atoms with Gasteiger partial charge in [-0.1, -0.05) is 22.0 Å². The average Bonchev–Trinajstić information content (AvgIpc) is 2.47. The van der Waals surface area contributed by atoms with Gasteiger partial charge in [0.25, 0.3) is 0 Å². The van der Waals surface area contributed by atoms with Gasteiger partial charge in [0.15, 0.2) is 17.5 Å². The number of carbonyl (C=O) groups excluding carboxylic acids is 1. The van der Waals surface area contributed by atoms with E-state index >= 15 is 0 Å². The number of halogens is 4. The van der Waals surface area contributed by atoms with Gasteiger partial charge in [0.05, 0.1) is 0 Å². The molecular formula is C14H8BrF3N2O3. The lowest BCUT2D eigenvalue weighted by molar-refractivity contribution is 0.0691. The maximum absolute atomic E-state index is 13.9. The summed E-state index contributed by atoms with van der Waals surface area (Å²) in [6.45, 7) is 0. The van der Waals surface area contributed by atoms with Crippen LogP contribution >= 0.6 is 15.9 Å². The Labute approximate surface area is 136 Å². The molecule has 2 aromatic carbocycles. The standard InChI is InChI=1S/C14H8BrF3N2O3/c15-6-2-1-3-7(4-6)19-14(23)20-12-10(17)8(13(21)22)5-9(16)11(12)18/h1-5H,(H,21,22)(H2,19,20,23). The van der Waals surface area contributed by atoms with Crippen molar-refractivity contribution in [2.45, 2.75) is 0 Å². The second-order valence-electron chi connectivity index (χ2n) is 4.30. The molecule has 0 aliphatic heterocycles. The van der Waals surface area contributed by atoms with Crippen molar-refractivity contribution in [3.05, 3.63) is 57.8 Å². The Kier molecular flexibility index (Phi) is 4.89. The minimum Gasteiger partial charge on any atom is -0.478 e. The van der Waals surface area contributed by atoms with Gasteiger partial charge in [-0.15, -0.1) is 0 Å². The number of hydrogen-bond donors (Lipinski definition) is 3. The number of benzene rings is 2. The van der Waals surface area contributed by atoms with Crippen LogP contribution < -0.4 is 10.6 Å². The van der Waals surface area contributed by atoms with Gasteiger partial charge >= 0.3 is 12.0 Å². The quantitative estimate of drug-likeness (QED) is 0.689. The van der Waals surface area contributed by atoms with Gasteiger partial charge in [-0.2, -0.15) is 0 Å². The summed E-state index contributed by atoms with van der Waals surface area (Å²) in [6.07, 6.45) is 0. The zero-order valence-electron chi connectivity index (χ0n) is 11.2. The number of anilines is 2. The summed E-state index contributed by atoms with van der Waals surface area (Å²) >= 11 is 3.17. The van der Waals surface area contributed by atoms with E-state index in [0.717, 1.165) is 0 Å². The molecule has 2 aromatic rings. The molecule has 0 saturated carbocycles. The fourth-order valence-electron chi connectivity index (χ4n) is 1.71. The number of carboxylic acids is 1. The lowest BCUT2D eigenvalue weighted by Gasteiger charge is -2.11. The van der Waals surface area contributed by atoms with Gasteiger partial charge in [0.1, 0.15) is 11.3 Å². The third-order valence-corrected chi connectivity index (χ3v) is 3.20. The van der Waals surface area contributed by atoms with E-state index < -0.39 is 40.7 Å². The van der Waals surface area contributed by atoms with Crippen LogP contribution in [0.5, 0.6) is 0 Å². The molecule has 23 heavy (non-hydrogen) atoms. The summed E-state index contributed by atoms with van der Waals surface area (Å²) in [5, 5.41) is 12.8. The molecule has 0 aliphatic rings. The number of carbonyl (C=O) groups is 2. The maximum Gasteiger partial charge on any atom is 0.338 e. The summed E-state index contributed by atoms with van der Waals surface area (Å²) in [5.41, 5.74) is -1.98. The number of urea groups is 1. The van der Waals surface area contributed by atoms with Crippen LogP contribution in [0.15, 0.2) is 34.8 Å². The summed E-state index contributed by atoms with van der Waals surface area (Å²) in [5.74, 6) is -6.67. The van der Waals surface area contributed by atoms with Gasteiger partial charge in [-0.25, -0.2) is 22.8 Å². The molecule has 0 saturated heterocycles. The van der Waals surface area contributed by atoms with Crippen molar-refractivity contribution < 1.29 is 27.9 Å². The van der Waals surface area contributed by atoms with Gasteiger partial charge < -0.3 is 15.7 Å². The molecule has 3 N–H and O–H groups in total. The van der Waals surface area contributed by atoms with E-state index in [0.29, 0.717) is 10.2 Å². The van der Waals surface area contributed by atoms with Crippen LogP contribution in [0.2, 0.25) is 0 Å². The Hall–Kier alpha value is -2.55. The zero-order valence-corrected chi connectivity index (χ0v) is 12.7. The molecule has 9 heteroatoms. The van der Waals surface area contributed by atoms with E-state index in [2.05, 4.69) is 21.2 Å². The SMILES string of the molecule is O=C(Nc1cccc(Br)c1)Nc1c(F)c(F)cc(C(=O)O)c1F. The van der Waals surface area contributed by atoms with Crippen molar-refractivity contribution in [2.24, 2.45) is 0 Å². The predicted molar refractivity (Wildman–Crippen MR) is 80.1 cm³/mol. The van der Waals surface area contributed by atoms with E-state index in [4.69, 9.17) is 5.11 Å². The van der Waals surface area contributed by atoms with Crippen molar-refractivity contribution in [1.29, 1.82) is 0 Å². The fraction of sp³-hybridized carbons (Fsp3) is 0. The summed E-state index contributed by atoms with van der Waals surface area (Å²) in [4.78, 5) is 22.5. The maximum atomic E-state index is 13.9. The summed E-state index contributed by atoms with van der Waals surface area (Å²) in [6, 6.07) is 5.44. The van der Waals surface area contributed by atoms with Gasteiger partial charge in [0.2, 0.25) is 0 Å². The van der Waals surface area contributed by atoms with Crippen LogP contribution in [0.1, 0.15) is 10.4 Å². The van der Waals surface area contributed by atoms with Crippen molar-refractivity contribution in [2.75, 3.05) is 10.6 Å². The molecule has 0 atom stereocenters. The number of amides is 2. The second-order valence-corrected chi connectivity index (χ2v) is 5.22. The van der Waals surface area contributed by atoms with Crippen molar-refractivity contribution >= 4 is 39.3 Å². The van der Waals surface area contributed by atoms with Gasteiger partial charge in [-0.05, 0) is 24.3 Å². The lowest BCUT2D eigenvalue weighted by atomic mass is 10.1. The lowest BCUT2D eigenvalue weighted by Crippen LogP contribution is -2.22. The average molecular weight is 389 g/mol. The highest BCUT2D eigenvalue weighted by Gasteiger charge is 2.23. The minimum atomic E-state index is -1.79. The van der Waals surface area contributed by atoms with Crippen molar-refractivity contribution in [1.82, 2.24) is 0 Å². The molecule has 0 aliphatic carbocycles. The molecule has 2 amide bonds. The molecule has 2 rings (SSSR count). The van der Waals surface area contributed by atoms with E-state index in [1.54, 1.807) is 17.4 Å². The Balaban J connectivity index is 2.29. The zero-order chi connectivity index (χ0) is 17.1. The van der Waals surface area contributed by atoms with E-state index in [9.17, 15) is 22.8 Å². The van der Waals surface area contributed by atoms with Crippen LogP contribution in [0.3, 0.4) is 0 Å². The largest absolute Gasteiger partial charge is 0.478 e. The van der Waals surface area contributed by atoms with Crippen LogP contribution in [-0.4, -0.2) is 17.1 Å². The molecule has 5 nitrogen and oxygen atoms in total. The molecule has 120 valence electrons. The third kappa shape index (κ3) is 3.81. The molecule has 0 unspecified atom stereocenters. The highest BCUT2D eigenvalue weighted by atomic mass is 79.9. The third-order valence-electron chi connectivity index (χ3n) is 2.71. The molecule has 0 heterocycles. The predicted octanol–water partition coefficient (Wildman–Crippen LogP) is 4.21.